The molecule has 2 unspecified atom stereocenters. The molecule has 0 aromatic carbocycles. The number of carbonyl (C=O) groups is 1. The Bertz CT molecular complexity index is 1430. The van der Waals surface area contributed by atoms with Crippen LogP contribution in [0.1, 0.15) is 200 Å². The van der Waals surface area contributed by atoms with Crippen molar-refractivity contribution in [3.63, 3.8) is 0 Å². The molecule has 0 rings (SSSR count). The minimum absolute atomic E-state index is 0.0952. The largest absolute Gasteiger partial charge is 0.394 e. The first kappa shape index (κ1) is 61.0. The van der Waals surface area contributed by atoms with E-state index in [0.29, 0.717) is 6.42 Å². The van der Waals surface area contributed by atoms with Gasteiger partial charge >= 0.3 is 0 Å². The Balaban J connectivity index is 3.69. The van der Waals surface area contributed by atoms with Gasteiger partial charge < -0.3 is 15.5 Å². The summed E-state index contributed by atoms with van der Waals surface area (Å²) in [5.74, 6) is -0.0952. The van der Waals surface area contributed by atoms with Crippen LogP contribution in [0.5, 0.6) is 0 Å². The quantitative estimate of drug-likeness (QED) is 0.0421. The van der Waals surface area contributed by atoms with Gasteiger partial charge in [0.05, 0.1) is 18.8 Å². The summed E-state index contributed by atoms with van der Waals surface area (Å²) in [6.45, 7) is 4.13. The van der Waals surface area contributed by atoms with Crippen LogP contribution in [-0.2, 0) is 4.79 Å². The number of nitrogens with one attached hydrogen (secondary N) is 1. The molecule has 0 spiro atoms. The van der Waals surface area contributed by atoms with Gasteiger partial charge in [0.2, 0.25) is 5.91 Å². The van der Waals surface area contributed by atoms with E-state index in [1.807, 2.05) is 6.08 Å². The average molecular weight is 892 g/mol. The molecule has 0 aliphatic rings. The Labute approximate surface area is 401 Å². The van der Waals surface area contributed by atoms with Crippen molar-refractivity contribution in [3.8, 4) is 0 Å². The predicted octanol–water partition coefficient (Wildman–Crippen LogP) is 17.4. The smallest absolute Gasteiger partial charge is 0.220 e. The first-order valence-electron chi connectivity index (χ1n) is 26.2. The summed E-state index contributed by atoms with van der Waals surface area (Å²) in [6, 6.07) is -0.661. The van der Waals surface area contributed by atoms with E-state index in [9.17, 15) is 15.0 Å². The van der Waals surface area contributed by atoms with Gasteiger partial charge in [-0.1, -0.05) is 230 Å². The van der Waals surface area contributed by atoms with Gasteiger partial charge in [-0.2, -0.15) is 0 Å². The van der Waals surface area contributed by atoms with Gasteiger partial charge in [-0.25, -0.2) is 0 Å². The summed E-state index contributed by atoms with van der Waals surface area (Å²) in [5, 5.41) is 23.0. The SMILES string of the molecule is CC/C=C\C/C=C\C/C=C\C/C=C\C/C=C\C/C=C\C/C=C\C/C=C\C/C=C\C/C=C\CCCCCCCCCCC(=O)NC(CO)C(O)/C=C/CC/C=C/CC/C=C/CCCCCC. The molecule has 0 radical (unpaired) electrons. The minimum Gasteiger partial charge on any atom is -0.394 e. The number of rotatable bonds is 45. The van der Waals surface area contributed by atoms with Gasteiger partial charge in [-0.05, 0) is 122 Å². The highest BCUT2D eigenvalue weighted by molar-refractivity contribution is 5.76. The highest BCUT2D eigenvalue weighted by Gasteiger charge is 2.17. The maximum atomic E-state index is 12.4. The van der Waals surface area contributed by atoms with E-state index < -0.39 is 12.1 Å². The molecule has 0 heterocycles. The maximum Gasteiger partial charge on any atom is 0.220 e. The minimum atomic E-state index is -0.884. The van der Waals surface area contributed by atoms with Crippen LogP contribution in [0, 0.1) is 0 Å². The number of carbonyl (C=O) groups excluding carboxylic acids is 1. The Morgan fingerprint density at radius 1 is 0.385 bits per heavy atom. The van der Waals surface area contributed by atoms with Gasteiger partial charge in [-0.3, -0.25) is 4.79 Å². The zero-order valence-corrected chi connectivity index (χ0v) is 41.7. The summed E-state index contributed by atoms with van der Waals surface area (Å²) >= 11 is 0. The highest BCUT2D eigenvalue weighted by atomic mass is 16.3. The Hall–Kier alpha value is -3.99. The molecule has 0 fully saturated rings. The standard InChI is InChI=1S/C61H97NO3/c1-3-5-7-9-11-13-15-17-19-20-21-22-23-24-25-26-27-28-29-30-31-32-33-34-35-36-37-38-39-40-41-42-43-45-47-49-51-53-55-57-61(65)62-59(58-63)60(64)56-54-52-50-48-46-44-18-16-14-12-10-8-6-4-2/h5,7,11,13-14,16-17,19,21-22,24-25,27-28,30-31,33-34,36-37,39-40,46,48,54,56,59-60,63-64H,3-4,6,8-10,12,15,18,20,23,26,29,32,35,38,41-45,47,49-53,55,57-58H2,1-2H3,(H,62,65)/b7-5-,13-11-,16-14+,19-17-,22-21-,25-24-,28-27-,31-30-,34-33-,37-36-,40-39-,48-46+,56-54+. The number of aliphatic hydroxyl groups is 2. The van der Waals surface area contributed by atoms with Crippen LogP contribution in [-0.4, -0.2) is 34.9 Å². The van der Waals surface area contributed by atoms with Crippen molar-refractivity contribution in [2.24, 2.45) is 0 Å². The molecule has 0 aromatic heterocycles. The molecule has 0 aliphatic carbocycles. The van der Waals surface area contributed by atoms with Crippen molar-refractivity contribution in [3.05, 3.63) is 158 Å². The van der Waals surface area contributed by atoms with E-state index in [1.165, 1.54) is 64.2 Å². The Morgan fingerprint density at radius 2 is 0.692 bits per heavy atom. The molecule has 364 valence electrons. The van der Waals surface area contributed by atoms with E-state index in [4.69, 9.17) is 0 Å². The van der Waals surface area contributed by atoms with Crippen LogP contribution in [0.25, 0.3) is 0 Å². The topological polar surface area (TPSA) is 69.6 Å². The molecule has 65 heavy (non-hydrogen) atoms. The van der Waals surface area contributed by atoms with Crippen molar-refractivity contribution in [1.82, 2.24) is 5.32 Å². The normalized spacial score (nSPS) is 14.2. The van der Waals surface area contributed by atoms with E-state index in [2.05, 4.69) is 165 Å². The number of unbranched alkanes of at least 4 members (excludes halogenated alkanes) is 14. The Kier molecular flexibility index (Phi) is 51.0. The van der Waals surface area contributed by atoms with Crippen LogP contribution >= 0.6 is 0 Å². The molecule has 4 heteroatoms. The van der Waals surface area contributed by atoms with Gasteiger partial charge in [0, 0.05) is 6.42 Å². The average Bonchev–Trinajstić information content (AvgIpc) is 3.31. The number of amides is 1. The van der Waals surface area contributed by atoms with Crippen LogP contribution in [0.15, 0.2) is 158 Å². The molecule has 0 saturated heterocycles. The molecule has 0 bridgehead atoms. The summed E-state index contributed by atoms with van der Waals surface area (Å²) in [5.41, 5.74) is 0. The van der Waals surface area contributed by atoms with Crippen molar-refractivity contribution in [2.45, 2.75) is 212 Å². The second-order valence-corrected chi connectivity index (χ2v) is 16.8. The lowest BCUT2D eigenvalue weighted by atomic mass is 10.1. The summed E-state index contributed by atoms with van der Waals surface area (Å²) in [6.07, 6.45) is 88.0. The molecular weight excluding hydrogens is 795 g/mol. The third-order valence-electron chi connectivity index (χ3n) is 10.7. The third kappa shape index (κ3) is 50.9. The van der Waals surface area contributed by atoms with Crippen molar-refractivity contribution in [2.75, 3.05) is 6.61 Å². The van der Waals surface area contributed by atoms with Crippen molar-refractivity contribution < 1.29 is 15.0 Å². The zero-order valence-electron chi connectivity index (χ0n) is 41.7. The fraction of sp³-hybridized carbons (Fsp3) is 0.557. The van der Waals surface area contributed by atoms with Crippen molar-refractivity contribution in [1.29, 1.82) is 0 Å². The van der Waals surface area contributed by atoms with Crippen LogP contribution < -0.4 is 5.32 Å². The third-order valence-corrected chi connectivity index (χ3v) is 10.7. The molecule has 0 aromatic rings. The molecule has 0 saturated carbocycles. The van der Waals surface area contributed by atoms with Gasteiger partial charge in [0.15, 0.2) is 0 Å². The molecule has 0 aliphatic heterocycles. The Morgan fingerprint density at radius 3 is 1.08 bits per heavy atom. The number of hydrogen-bond acceptors (Lipinski definition) is 3. The van der Waals surface area contributed by atoms with Crippen molar-refractivity contribution >= 4 is 5.91 Å². The fourth-order valence-corrected chi connectivity index (χ4v) is 6.77. The second kappa shape index (κ2) is 54.3. The lowest BCUT2D eigenvalue weighted by molar-refractivity contribution is -0.123. The molecule has 1 amide bonds. The van der Waals surface area contributed by atoms with E-state index in [1.54, 1.807) is 6.08 Å². The van der Waals surface area contributed by atoms with Crippen LogP contribution in [0.4, 0.5) is 0 Å². The molecule has 3 N–H and O–H groups in total. The number of aliphatic hydroxyl groups excluding tert-OH is 2. The van der Waals surface area contributed by atoms with Crippen LogP contribution in [0.2, 0.25) is 0 Å². The van der Waals surface area contributed by atoms with Crippen LogP contribution in [0.3, 0.4) is 0 Å². The summed E-state index contributed by atoms with van der Waals surface area (Å²) < 4.78 is 0. The second-order valence-electron chi connectivity index (χ2n) is 16.8. The number of hydrogen-bond donors (Lipinski definition) is 3. The summed E-state index contributed by atoms with van der Waals surface area (Å²) in [4.78, 5) is 12.4. The maximum absolute atomic E-state index is 12.4. The lowest BCUT2D eigenvalue weighted by Gasteiger charge is -2.19. The molecule has 4 nitrogen and oxygen atoms in total. The van der Waals surface area contributed by atoms with E-state index in [-0.39, 0.29) is 12.5 Å². The van der Waals surface area contributed by atoms with E-state index >= 15 is 0 Å². The monoisotopic (exact) mass is 892 g/mol. The van der Waals surface area contributed by atoms with Gasteiger partial charge in [0.1, 0.15) is 0 Å². The zero-order chi connectivity index (χ0) is 47.0. The fourth-order valence-electron chi connectivity index (χ4n) is 6.77. The first-order valence-corrected chi connectivity index (χ1v) is 26.2. The van der Waals surface area contributed by atoms with E-state index in [0.717, 1.165) is 116 Å². The van der Waals surface area contributed by atoms with Gasteiger partial charge in [-0.15, -0.1) is 0 Å². The highest BCUT2D eigenvalue weighted by Crippen LogP contribution is 2.12. The molecule has 2 atom stereocenters. The number of allylic oxidation sites excluding steroid dienone is 25. The lowest BCUT2D eigenvalue weighted by Crippen LogP contribution is -2.45. The molecular formula is C61H97NO3. The summed E-state index contributed by atoms with van der Waals surface area (Å²) in [7, 11) is 0. The van der Waals surface area contributed by atoms with Gasteiger partial charge in [0.25, 0.3) is 0 Å². The first-order chi connectivity index (χ1) is 32.2. The predicted molar refractivity (Wildman–Crippen MR) is 289 cm³/mol.